The van der Waals surface area contributed by atoms with Crippen LogP contribution in [0, 0.1) is 0 Å². The van der Waals surface area contributed by atoms with Gasteiger partial charge in [-0.2, -0.15) is 0 Å². The minimum Gasteiger partial charge on any atom is -0.248 e. The summed E-state index contributed by atoms with van der Waals surface area (Å²) in [7, 11) is 0. The van der Waals surface area contributed by atoms with Crippen molar-refractivity contribution in [2.24, 2.45) is 0 Å². The van der Waals surface area contributed by atoms with Gasteiger partial charge >= 0.3 is 0 Å². The summed E-state index contributed by atoms with van der Waals surface area (Å²) in [5.41, 5.74) is 4.90. The van der Waals surface area contributed by atoms with E-state index in [9.17, 15) is 0 Å². The van der Waals surface area contributed by atoms with Crippen molar-refractivity contribution in [2.75, 3.05) is 0 Å². The number of pyridine rings is 1. The molecule has 0 amide bonds. The SMILES string of the molecule is C1=Cc2nc3ccccc3cc2C(c2ccccc2)C1. The summed E-state index contributed by atoms with van der Waals surface area (Å²) in [5.74, 6) is 0.424. The standard InChI is InChI=1S/C19H15N/c1-2-7-14(8-3-1)16-10-6-12-19-17(16)13-15-9-4-5-11-18(15)20-19/h1-9,11-13,16H,10H2. The molecule has 1 atom stereocenters. The first-order valence-corrected chi connectivity index (χ1v) is 7.03. The lowest BCUT2D eigenvalue weighted by Crippen LogP contribution is -2.07. The Bertz CT molecular complexity index is 787. The highest BCUT2D eigenvalue weighted by molar-refractivity contribution is 5.81. The largest absolute Gasteiger partial charge is 0.248 e. The molecule has 0 bridgehead atoms. The van der Waals surface area contributed by atoms with Crippen LogP contribution in [0.15, 0.2) is 66.7 Å². The molecule has 1 heteroatoms. The highest BCUT2D eigenvalue weighted by Crippen LogP contribution is 2.35. The lowest BCUT2D eigenvalue weighted by molar-refractivity contribution is 0.813. The number of hydrogen-bond donors (Lipinski definition) is 0. The van der Waals surface area contributed by atoms with Crippen molar-refractivity contribution in [1.82, 2.24) is 4.98 Å². The number of para-hydroxylation sites is 1. The van der Waals surface area contributed by atoms with E-state index in [1.54, 1.807) is 0 Å². The van der Waals surface area contributed by atoms with Crippen molar-refractivity contribution < 1.29 is 0 Å². The fraction of sp³-hybridized carbons (Fsp3) is 0.105. The molecule has 4 rings (SSSR count). The molecule has 1 nitrogen and oxygen atoms in total. The summed E-state index contributed by atoms with van der Waals surface area (Å²) in [5, 5.41) is 1.22. The van der Waals surface area contributed by atoms with Gasteiger partial charge in [-0.3, -0.25) is 0 Å². The molecule has 2 aromatic carbocycles. The minimum atomic E-state index is 0.424. The molecule has 0 radical (unpaired) electrons. The lowest BCUT2D eigenvalue weighted by atomic mass is 9.84. The van der Waals surface area contributed by atoms with Gasteiger partial charge in [0.2, 0.25) is 0 Å². The molecular formula is C19H15N. The third kappa shape index (κ3) is 1.83. The van der Waals surface area contributed by atoms with Crippen LogP contribution in [0.25, 0.3) is 17.0 Å². The van der Waals surface area contributed by atoms with Gasteiger partial charge in [-0.05, 0) is 35.8 Å². The number of nitrogens with zero attached hydrogens (tertiary/aromatic N) is 1. The smallest absolute Gasteiger partial charge is 0.0709 e. The monoisotopic (exact) mass is 257 g/mol. The molecule has 1 aromatic heterocycles. The van der Waals surface area contributed by atoms with E-state index in [1.165, 1.54) is 16.5 Å². The lowest BCUT2D eigenvalue weighted by Gasteiger charge is -2.22. The van der Waals surface area contributed by atoms with E-state index in [2.05, 4.69) is 66.7 Å². The van der Waals surface area contributed by atoms with Crippen molar-refractivity contribution in [3.63, 3.8) is 0 Å². The molecule has 1 aliphatic rings. The van der Waals surface area contributed by atoms with E-state index in [4.69, 9.17) is 4.98 Å². The summed E-state index contributed by atoms with van der Waals surface area (Å²) in [4.78, 5) is 4.80. The topological polar surface area (TPSA) is 12.9 Å². The molecule has 3 aromatic rings. The number of allylic oxidation sites excluding steroid dienone is 1. The molecule has 1 unspecified atom stereocenters. The Morgan fingerprint density at radius 3 is 2.60 bits per heavy atom. The van der Waals surface area contributed by atoms with E-state index in [0.717, 1.165) is 17.6 Å². The molecular weight excluding hydrogens is 242 g/mol. The predicted molar refractivity (Wildman–Crippen MR) is 83.7 cm³/mol. The third-order valence-electron chi connectivity index (χ3n) is 4.01. The Morgan fingerprint density at radius 1 is 0.900 bits per heavy atom. The van der Waals surface area contributed by atoms with Crippen molar-refractivity contribution in [1.29, 1.82) is 0 Å². The van der Waals surface area contributed by atoms with E-state index in [1.807, 2.05) is 6.07 Å². The van der Waals surface area contributed by atoms with E-state index in [0.29, 0.717) is 5.92 Å². The summed E-state index contributed by atoms with van der Waals surface area (Å²) < 4.78 is 0. The van der Waals surface area contributed by atoms with Crippen LogP contribution < -0.4 is 0 Å². The minimum absolute atomic E-state index is 0.424. The molecule has 0 aliphatic heterocycles. The predicted octanol–water partition coefficient (Wildman–Crippen LogP) is 4.78. The number of hydrogen-bond acceptors (Lipinski definition) is 1. The maximum atomic E-state index is 4.80. The van der Waals surface area contributed by atoms with Gasteiger partial charge in [0.25, 0.3) is 0 Å². The Morgan fingerprint density at radius 2 is 1.70 bits per heavy atom. The second-order valence-electron chi connectivity index (χ2n) is 5.26. The zero-order valence-electron chi connectivity index (χ0n) is 11.2. The zero-order valence-corrected chi connectivity index (χ0v) is 11.2. The summed E-state index contributed by atoms with van der Waals surface area (Å²) in [6, 6.07) is 21.4. The van der Waals surface area contributed by atoms with Crippen molar-refractivity contribution in [2.45, 2.75) is 12.3 Å². The number of benzene rings is 2. The Balaban J connectivity index is 1.92. The summed E-state index contributed by atoms with van der Waals surface area (Å²) in [6.07, 6.45) is 5.44. The quantitative estimate of drug-likeness (QED) is 0.611. The van der Waals surface area contributed by atoms with Gasteiger partial charge in [-0.15, -0.1) is 0 Å². The normalized spacial score (nSPS) is 17.1. The van der Waals surface area contributed by atoms with E-state index >= 15 is 0 Å². The first-order valence-electron chi connectivity index (χ1n) is 7.03. The van der Waals surface area contributed by atoms with E-state index < -0.39 is 0 Å². The molecule has 0 saturated heterocycles. The average molecular weight is 257 g/mol. The third-order valence-corrected chi connectivity index (χ3v) is 4.01. The first kappa shape index (κ1) is 11.4. The molecule has 0 N–H and O–H groups in total. The average Bonchev–Trinajstić information content (AvgIpc) is 2.53. The van der Waals surface area contributed by atoms with Crippen LogP contribution >= 0.6 is 0 Å². The first-order chi connectivity index (χ1) is 9.92. The molecule has 96 valence electrons. The number of rotatable bonds is 1. The van der Waals surface area contributed by atoms with E-state index in [-0.39, 0.29) is 0 Å². The van der Waals surface area contributed by atoms with Gasteiger partial charge in [0, 0.05) is 11.3 Å². The maximum Gasteiger partial charge on any atom is 0.0709 e. The van der Waals surface area contributed by atoms with Crippen LogP contribution in [-0.2, 0) is 0 Å². The molecule has 0 saturated carbocycles. The second kappa shape index (κ2) is 4.61. The van der Waals surface area contributed by atoms with Gasteiger partial charge < -0.3 is 0 Å². The van der Waals surface area contributed by atoms with Gasteiger partial charge in [0.15, 0.2) is 0 Å². The summed E-state index contributed by atoms with van der Waals surface area (Å²) in [6.45, 7) is 0. The number of aromatic nitrogens is 1. The fourth-order valence-corrected chi connectivity index (χ4v) is 3.00. The van der Waals surface area contributed by atoms with Gasteiger partial charge in [0.1, 0.15) is 0 Å². The van der Waals surface area contributed by atoms with Gasteiger partial charge in [-0.25, -0.2) is 4.98 Å². The molecule has 1 heterocycles. The van der Waals surface area contributed by atoms with Crippen LogP contribution in [0.4, 0.5) is 0 Å². The highest BCUT2D eigenvalue weighted by atomic mass is 14.7. The zero-order chi connectivity index (χ0) is 13.4. The molecule has 20 heavy (non-hydrogen) atoms. The molecule has 0 fully saturated rings. The number of fused-ring (bicyclic) bond motifs is 2. The fourth-order valence-electron chi connectivity index (χ4n) is 3.00. The maximum absolute atomic E-state index is 4.80. The van der Waals surface area contributed by atoms with Crippen LogP contribution in [0.3, 0.4) is 0 Å². The van der Waals surface area contributed by atoms with Crippen LogP contribution in [-0.4, -0.2) is 4.98 Å². The Labute approximate surface area is 118 Å². The van der Waals surface area contributed by atoms with Gasteiger partial charge in [-0.1, -0.05) is 54.6 Å². The van der Waals surface area contributed by atoms with Crippen LogP contribution in [0.1, 0.15) is 29.2 Å². The van der Waals surface area contributed by atoms with Crippen molar-refractivity contribution in [3.8, 4) is 0 Å². The van der Waals surface area contributed by atoms with Crippen LogP contribution in [0.5, 0.6) is 0 Å². The Kier molecular flexibility index (Phi) is 2.63. The van der Waals surface area contributed by atoms with Crippen molar-refractivity contribution >= 4 is 17.0 Å². The molecule has 0 spiro atoms. The van der Waals surface area contributed by atoms with Crippen LogP contribution in [0.2, 0.25) is 0 Å². The van der Waals surface area contributed by atoms with Gasteiger partial charge in [0.05, 0.1) is 11.2 Å². The second-order valence-corrected chi connectivity index (χ2v) is 5.26. The highest BCUT2D eigenvalue weighted by Gasteiger charge is 2.20. The molecule has 1 aliphatic carbocycles. The van der Waals surface area contributed by atoms with Crippen molar-refractivity contribution in [3.05, 3.63) is 83.6 Å². The summed E-state index contributed by atoms with van der Waals surface area (Å²) >= 11 is 0. The Hall–Kier alpha value is -2.41.